The van der Waals surface area contributed by atoms with Gasteiger partial charge in [-0.2, -0.15) is 0 Å². The van der Waals surface area contributed by atoms with E-state index >= 15 is 0 Å². The molecule has 1 heterocycles. The van der Waals surface area contributed by atoms with Crippen LogP contribution in [0.5, 0.6) is 0 Å². The van der Waals surface area contributed by atoms with Gasteiger partial charge in [0.15, 0.2) is 0 Å². The first-order chi connectivity index (χ1) is 9.74. The van der Waals surface area contributed by atoms with E-state index in [0.717, 1.165) is 23.2 Å². The maximum atomic E-state index is 13.4. The van der Waals surface area contributed by atoms with Gasteiger partial charge >= 0.3 is 5.97 Å². The monoisotopic (exact) mass is 288 g/mol. The molecular weight excluding hydrogens is 279 g/mol. The van der Waals surface area contributed by atoms with Crippen LogP contribution >= 0.6 is 11.5 Å². The van der Waals surface area contributed by atoms with Crippen LogP contribution in [0.2, 0.25) is 0 Å². The fourth-order valence-corrected chi connectivity index (χ4v) is 2.45. The van der Waals surface area contributed by atoms with Gasteiger partial charge in [0.1, 0.15) is 17.9 Å². The Morgan fingerprint density at radius 2 is 2.05 bits per heavy atom. The van der Waals surface area contributed by atoms with Crippen molar-refractivity contribution < 1.29 is 13.9 Å². The molecule has 0 spiro atoms. The number of hydrogen-bond donors (Lipinski definition) is 0. The standard InChI is InChI=1S/C14H9FN2O2S/c15-10-6-11(13-12(7-10)16-17-20-13)14(18)19-8-9-4-2-1-3-5-9/h1-7H,8H2. The van der Waals surface area contributed by atoms with Gasteiger partial charge in [0, 0.05) is 6.07 Å². The van der Waals surface area contributed by atoms with Crippen LogP contribution in [-0.4, -0.2) is 15.6 Å². The first-order valence-corrected chi connectivity index (χ1v) is 6.64. The van der Waals surface area contributed by atoms with Gasteiger partial charge in [-0.15, -0.1) is 5.10 Å². The minimum Gasteiger partial charge on any atom is -0.457 e. The first kappa shape index (κ1) is 12.7. The van der Waals surface area contributed by atoms with Crippen molar-refractivity contribution >= 4 is 27.7 Å². The molecule has 0 unspecified atom stereocenters. The lowest BCUT2D eigenvalue weighted by Gasteiger charge is -2.05. The molecule has 100 valence electrons. The van der Waals surface area contributed by atoms with Crippen LogP contribution in [0.25, 0.3) is 10.2 Å². The second kappa shape index (κ2) is 5.34. The molecule has 0 N–H and O–H groups in total. The number of ether oxygens (including phenoxy) is 1. The van der Waals surface area contributed by atoms with E-state index in [1.165, 1.54) is 6.07 Å². The highest BCUT2D eigenvalue weighted by Crippen LogP contribution is 2.23. The van der Waals surface area contributed by atoms with Gasteiger partial charge in [-0.1, -0.05) is 34.8 Å². The maximum absolute atomic E-state index is 13.4. The molecule has 3 rings (SSSR count). The molecule has 3 aromatic rings. The highest BCUT2D eigenvalue weighted by Gasteiger charge is 2.16. The molecule has 0 aliphatic carbocycles. The SMILES string of the molecule is O=C(OCc1ccccc1)c1cc(F)cc2nnsc12. The van der Waals surface area contributed by atoms with Crippen molar-refractivity contribution in [2.45, 2.75) is 6.61 Å². The Labute approximate surface area is 118 Å². The van der Waals surface area contributed by atoms with Crippen molar-refractivity contribution in [1.82, 2.24) is 9.59 Å². The molecule has 0 aliphatic heterocycles. The second-order valence-electron chi connectivity index (χ2n) is 4.14. The lowest BCUT2D eigenvalue weighted by atomic mass is 10.2. The summed E-state index contributed by atoms with van der Waals surface area (Å²) >= 11 is 1.04. The number of esters is 1. The minimum absolute atomic E-state index is 0.143. The van der Waals surface area contributed by atoms with Crippen LogP contribution < -0.4 is 0 Å². The predicted molar refractivity (Wildman–Crippen MR) is 72.9 cm³/mol. The zero-order valence-corrected chi connectivity index (χ0v) is 11.1. The van der Waals surface area contributed by atoms with E-state index in [4.69, 9.17) is 4.74 Å². The fourth-order valence-electron chi connectivity index (χ4n) is 1.81. The van der Waals surface area contributed by atoms with Crippen LogP contribution in [-0.2, 0) is 11.3 Å². The van der Waals surface area contributed by atoms with E-state index in [2.05, 4.69) is 9.59 Å². The van der Waals surface area contributed by atoms with E-state index in [0.29, 0.717) is 10.2 Å². The van der Waals surface area contributed by atoms with E-state index in [9.17, 15) is 9.18 Å². The summed E-state index contributed by atoms with van der Waals surface area (Å²) in [7, 11) is 0. The molecule has 0 aliphatic rings. The molecule has 0 saturated carbocycles. The largest absolute Gasteiger partial charge is 0.457 e. The predicted octanol–water partition coefficient (Wildman–Crippen LogP) is 3.19. The molecule has 20 heavy (non-hydrogen) atoms. The van der Waals surface area contributed by atoms with Gasteiger partial charge in [-0.3, -0.25) is 0 Å². The summed E-state index contributed by atoms with van der Waals surface area (Å²) in [6, 6.07) is 11.7. The number of nitrogens with zero attached hydrogens (tertiary/aromatic N) is 2. The third-order valence-corrected chi connectivity index (χ3v) is 3.52. The third-order valence-electron chi connectivity index (χ3n) is 2.75. The van der Waals surface area contributed by atoms with E-state index in [1.54, 1.807) is 0 Å². The zero-order valence-electron chi connectivity index (χ0n) is 10.2. The zero-order chi connectivity index (χ0) is 13.9. The number of aromatic nitrogens is 2. The number of carbonyl (C=O) groups excluding carboxylic acids is 1. The Balaban J connectivity index is 1.84. The molecule has 2 aromatic carbocycles. The Bertz CT molecular complexity index is 758. The van der Waals surface area contributed by atoms with E-state index < -0.39 is 11.8 Å². The number of fused-ring (bicyclic) bond motifs is 1. The van der Waals surface area contributed by atoms with Crippen molar-refractivity contribution in [3.8, 4) is 0 Å². The number of carbonyl (C=O) groups is 1. The van der Waals surface area contributed by atoms with E-state index in [1.807, 2.05) is 30.3 Å². The highest BCUT2D eigenvalue weighted by atomic mass is 32.1. The Kier molecular flexibility index (Phi) is 3.39. The molecule has 6 heteroatoms. The number of halogens is 1. The molecule has 0 saturated heterocycles. The molecule has 0 amide bonds. The van der Waals surface area contributed by atoms with Gasteiger partial charge in [-0.25, -0.2) is 9.18 Å². The lowest BCUT2D eigenvalue weighted by molar-refractivity contribution is 0.0475. The molecule has 1 aromatic heterocycles. The summed E-state index contributed by atoms with van der Waals surface area (Å²) in [6.45, 7) is 0.143. The molecule has 0 atom stereocenters. The maximum Gasteiger partial charge on any atom is 0.340 e. The van der Waals surface area contributed by atoms with Crippen molar-refractivity contribution in [2.75, 3.05) is 0 Å². The minimum atomic E-state index is -0.579. The van der Waals surface area contributed by atoms with Gasteiger partial charge in [0.2, 0.25) is 0 Å². The fraction of sp³-hybridized carbons (Fsp3) is 0.0714. The van der Waals surface area contributed by atoms with Gasteiger partial charge in [0.25, 0.3) is 0 Å². The normalized spacial score (nSPS) is 10.7. The summed E-state index contributed by atoms with van der Waals surface area (Å²) in [5.74, 6) is -1.11. The number of benzene rings is 2. The Hall–Kier alpha value is -2.34. The average Bonchev–Trinajstić information content (AvgIpc) is 2.93. The topological polar surface area (TPSA) is 52.1 Å². The summed E-state index contributed by atoms with van der Waals surface area (Å²) in [4.78, 5) is 12.0. The van der Waals surface area contributed by atoms with Crippen LogP contribution in [0.3, 0.4) is 0 Å². The molecular formula is C14H9FN2O2S. The number of hydrogen-bond acceptors (Lipinski definition) is 5. The Morgan fingerprint density at radius 1 is 1.25 bits per heavy atom. The van der Waals surface area contributed by atoms with Gasteiger partial charge in [0.05, 0.1) is 10.3 Å². The highest BCUT2D eigenvalue weighted by molar-refractivity contribution is 7.13. The summed E-state index contributed by atoms with van der Waals surface area (Å²) < 4.78 is 22.9. The van der Waals surface area contributed by atoms with Crippen molar-refractivity contribution in [3.05, 3.63) is 59.4 Å². The van der Waals surface area contributed by atoms with Crippen LogP contribution in [0, 0.1) is 5.82 Å². The van der Waals surface area contributed by atoms with Crippen LogP contribution in [0.4, 0.5) is 4.39 Å². The average molecular weight is 288 g/mol. The Morgan fingerprint density at radius 3 is 2.85 bits per heavy atom. The molecule has 0 bridgehead atoms. The van der Waals surface area contributed by atoms with Crippen LogP contribution in [0.15, 0.2) is 42.5 Å². The summed E-state index contributed by atoms with van der Waals surface area (Å²) in [5.41, 5.74) is 1.39. The van der Waals surface area contributed by atoms with Crippen molar-refractivity contribution in [2.24, 2.45) is 0 Å². The quantitative estimate of drug-likeness (QED) is 0.695. The van der Waals surface area contributed by atoms with Gasteiger partial charge in [-0.05, 0) is 23.2 Å². The third kappa shape index (κ3) is 2.50. The van der Waals surface area contributed by atoms with Crippen molar-refractivity contribution in [3.63, 3.8) is 0 Å². The van der Waals surface area contributed by atoms with Gasteiger partial charge < -0.3 is 4.74 Å². The molecule has 0 fully saturated rings. The van der Waals surface area contributed by atoms with Crippen LogP contribution in [0.1, 0.15) is 15.9 Å². The van der Waals surface area contributed by atoms with E-state index in [-0.39, 0.29) is 12.2 Å². The molecule has 0 radical (unpaired) electrons. The molecule has 4 nitrogen and oxygen atoms in total. The second-order valence-corrected chi connectivity index (χ2v) is 4.89. The smallest absolute Gasteiger partial charge is 0.340 e. The first-order valence-electron chi connectivity index (χ1n) is 5.87. The van der Waals surface area contributed by atoms with Crippen molar-refractivity contribution in [1.29, 1.82) is 0 Å². The number of rotatable bonds is 3. The lowest BCUT2D eigenvalue weighted by Crippen LogP contribution is -2.06. The summed E-state index contributed by atoms with van der Waals surface area (Å²) in [5, 5.41) is 3.76. The summed E-state index contributed by atoms with van der Waals surface area (Å²) in [6.07, 6.45) is 0.